The largest absolute Gasteiger partial charge is 0.423 e. The van der Waals surface area contributed by atoms with E-state index in [9.17, 15) is 0 Å². The third-order valence-corrected chi connectivity index (χ3v) is 3.63. The number of anilines is 2. The predicted molar refractivity (Wildman–Crippen MR) is 73.5 cm³/mol. The van der Waals surface area contributed by atoms with Gasteiger partial charge in [0.1, 0.15) is 5.52 Å². The third kappa shape index (κ3) is 2.28. The van der Waals surface area contributed by atoms with E-state index in [1.807, 2.05) is 18.2 Å². The van der Waals surface area contributed by atoms with Crippen LogP contribution in [0.2, 0.25) is 0 Å². The number of benzene rings is 1. The smallest absolute Gasteiger partial charge is 0.295 e. The topological polar surface area (TPSA) is 64.1 Å². The molecule has 18 heavy (non-hydrogen) atoms. The van der Waals surface area contributed by atoms with Crippen molar-refractivity contribution < 1.29 is 4.42 Å². The first-order chi connectivity index (χ1) is 8.83. The lowest BCUT2D eigenvalue weighted by atomic mass is 10.1. The average Bonchev–Trinajstić information content (AvgIpc) is 2.60. The summed E-state index contributed by atoms with van der Waals surface area (Å²) in [6.07, 6.45) is 7.68. The molecule has 2 aromatic rings. The van der Waals surface area contributed by atoms with Crippen molar-refractivity contribution in [2.45, 2.75) is 44.6 Å². The Labute approximate surface area is 107 Å². The first-order valence-electron chi connectivity index (χ1n) is 6.74. The summed E-state index contributed by atoms with van der Waals surface area (Å²) in [6, 6.07) is 6.73. The van der Waals surface area contributed by atoms with Gasteiger partial charge in [-0.2, -0.15) is 4.98 Å². The SMILES string of the molecule is Nc1cccc2oc(NC3CCCCCC3)nc12. The molecule has 1 aromatic heterocycles. The molecule has 0 unspecified atom stereocenters. The summed E-state index contributed by atoms with van der Waals surface area (Å²) in [5.41, 5.74) is 8.06. The van der Waals surface area contributed by atoms with E-state index in [2.05, 4.69) is 10.3 Å². The minimum atomic E-state index is 0.488. The highest BCUT2D eigenvalue weighted by molar-refractivity contribution is 5.86. The second-order valence-electron chi connectivity index (χ2n) is 5.05. The Balaban J connectivity index is 1.79. The fraction of sp³-hybridized carbons (Fsp3) is 0.500. The number of oxazole rings is 1. The van der Waals surface area contributed by atoms with Gasteiger partial charge < -0.3 is 15.5 Å². The van der Waals surface area contributed by atoms with Gasteiger partial charge in [0, 0.05) is 6.04 Å². The fourth-order valence-corrected chi connectivity index (χ4v) is 2.63. The molecule has 1 saturated carbocycles. The minimum absolute atomic E-state index is 0.488. The predicted octanol–water partition coefficient (Wildman–Crippen LogP) is 3.54. The second-order valence-corrected chi connectivity index (χ2v) is 5.05. The van der Waals surface area contributed by atoms with Crippen LogP contribution < -0.4 is 11.1 Å². The molecule has 0 aliphatic heterocycles. The summed E-state index contributed by atoms with van der Waals surface area (Å²) in [7, 11) is 0. The van der Waals surface area contributed by atoms with Crippen molar-refractivity contribution in [1.29, 1.82) is 0 Å². The van der Waals surface area contributed by atoms with Gasteiger partial charge in [0.05, 0.1) is 5.69 Å². The van der Waals surface area contributed by atoms with Gasteiger partial charge in [-0.3, -0.25) is 0 Å². The van der Waals surface area contributed by atoms with Crippen LogP contribution in [0.25, 0.3) is 11.1 Å². The minimum Gasteiger partial charge on any atom is -0.423 e. The van der Waals surface area contributed by atoms with Gasteiger partial charge in [-0.05, 0) is 25.0 Å². The van der Waals surface area contributed by atoms with E-state index < -0.39 is 0 Å². The molecule has 3 N–H and O–H groups in total. The first-order valence-corrected chi connectivity index (χ1v) is 6.74. The van der Waals surface area contributed by atoms with Crippen LogP contribution >= 0.6 is 0 Å². The first kappa shape index (κ1) is 11.4. The summed E-state index contributed by atoms with van der Waals surface area (Å²) >= 11 is 0. The number of hydrogen-bond acceptors (Lipinski definition) is 4. The van der Waals surface area contributed by atoms with Crippen LogP contribution in [0, 0.1) is 0 Å². The molecule has 0 atom stereocenters. The molecule has 1 heterocycles. The van der Waals surface area contributed by atoms with Gasteiger partial charge in [-0.25, -0.2) is 0 Å². The molecule has 1 aromatic carbocycles. The highest BCUT2D eigenvalue weighted by Gasteiger charge is 2.15. The van der Waals surface area contributed by atoms with Crippen molar-refractivity contribution in [2.24, 2.45) is 0 Å². The maximum Gasteiger partial charge on any atom is 0.295 e. The van der Waals surface area contributed by atoms with Crippen molar-refractivity contribution in [1.82, 2.24) is 4.98 Å². The number of rotatable bonds is 2. The highest BCUT2D eigenvalue weighted by Crippen LogP contribution is 2.26. The molecule has 0 amide bonds. The molecule has 3 rings (SSSR count). The molecular weight excluding hydrogens is 226 g/mol. The number of nitrogen functional groups attached to an aromatic ring is 1. The lowest BCUT2D eigenvalue weighted by Gasteiger charge is -2.13. The Morgan fingerprint density at radius 3 is 2.67 bits per heavy atom. The summed E-state index contributed by atoms with van der Waals surface area (Å²) in [5.74, 6) is 0. The van der Waals surface area contributed by atoms with Gasteiger partial charge in [-0.15, -0.1) is 0 Å². The Bertz CT molecular complexity index is 527. The van der Waals surface area contributed by atoms with E-state index in [-0.39, 0.29) is 0 Å². The quantitative estimate of drug-likeness (QED) is 0.627. The van der Waals surface area contributed by atoms with Gasteiger partial charge in [0.25, 0.3) is 6.01 Å². The lowest BCUT2D eigenvalue weighted by molar-refractivity contribution is 0.560. The molecule has 0 saturated heterocycles. The van der Waals surface area contributed by atoms with Crippen LogP contribution in [0.5, 0.6) is 0 Å². The monoisotopic (exact) mass is 245 g/mol. The molecule has 1 aliphatic carbocycles. The zero-order valence-electron chi connectivity index (χ0n) is 10.5. The zero-order valence-corrected chi connectivity index (χ0v) is 10.5. The normalized spacial score (nSPS) is 17.8. The standard InChI is InChI=1S/C14H19N3O/c15-11-8-5-9-12-13(11)17-14(18-12)16-10-6-3-1-2-4-7-10/h5,8-10H,1-4,6-7,15H2,(H,16,17). The Kier molecular flexibility index (Phi) is 3.09. The van der Waals surface area contributed by atoms with Gasteiger partial charge in [-0.1, -0.05) is 31.7 Å². The third-order valence-electron chi connectivity index (χ3n) is 3.63. The van der Waals surface area contributed by atoms with Crippen molar-refractivity contribution >= 4 is 22.8 Å². The molecular formula is C14H19N3O. The zero-order chi connectivity index (χ0) is 12.4. The maximum absolute atomic E-state index is 5.88. The van der Waals surface area contributed by atoms with E-state index in [1.54, 1.807) is 0 Å². The number of aromatic nitrogens is 1. The molecule has 1 fully saturated rings. The van der Waals surface area contributed by atoms with Crippen molar-refractivity contribution in [3.63, 3.8) is 0 Å². The molecule has 0 spiro atoms. The number of nitrogens with one attached hydrogen (secondary N) is 1. The van der Waals surface area contributed by atoms with E-state index in [1.165, 1.54) is 38.5 Å². The number of nitrogens with zero attached hydrogens (tertiary/aromatic N) is 1. The van der Waals surface area contributed by atoms with E-state index in [0.717, 1.165) is 11.1 Å². The van der Waals surface area contributed by atoms with Gasteiger partial charge in [0.2, 0.25) is 0 Å². The number of nitrogens with two attached hydrogens (primary N) is 1. The van der Waals surface area contributed by atoms with Gasteiger partial charge >= 0.3 is 0 Å². The van der Waals surface area contributed by atoms with Gasteiger partial charge in [0.15, 0.2) is 5.58 Å². The summed E-state index contributed by atoms with van der Waals surface area (Å²) in [5, 5.41) is 3.40. The maximum atomic E-state index is 5.88. The summed E-state index contributed by atoms with van der Waals surface area (Å²) in [6.45, 7) is 0. The Hall–Kier alpha value is -1.71. The number of para-hydroxylation sites is 1. The average molecular weight is 245 g/mol. The number of fused-ring (bicyclic) bond motifs is 1. The number of hydrogen-bond donors (Lipinski definition) is 2. The highest BCUT2D eigenvalue weighted by atomic mass is 16.4. The Morgan fingerprint density at radius 1 is 1.17 bits per heavy atom. The van der Waals surface area contributed by atoms with Crippen LogP contribution in [0.3, 0.4) is 0 Å². The molecule has 4 nitrogen and oxygen atoms in total. The van der Waals surface area contributed by atoms with E-state index in [0.29, 0.717) is 17.7 Å². The van der Waals surface area contributed by atoms with Crippen LogP contribution in [0.1, 0.15) is 38.5 Å². The summed E-state index contributed by atoms with van der Waals surface area (Å²) < 4.78 is 5.69. The van der Waals surface area contributed by atoms with Crippen molar-refractivity contribution in [3.8, 4) is 0 Å². The lowest BCUT2D eigenvalue weighted by Crippen LogP contribution is -2.18. The molecule has 1 aliphatic rings. The van der Waals surface area contributed by atoms with Crippen LogP contribution in [0.15, 0.2) is 22.6 Å². The molecule has 4 heteroatoms. The second kappa shape index (κ2) is 4.88. The fourth-order valence-electron chi connectivity index (χ4n) is 2.63. The van der Waals surface area contributed by atoms with E-state index in [4.69, 9.17) is 10.2 Å². The summed E-state index contributed by atoms with van der Waals surface area (Å²) in [4.78, 5) is 4.43. The molecule has 96 valence electrons. The molecule has 0 radical (unpaired) electrons. The van der Waals surface area contributed by atoms with Crippen molar-refractivity contribution in [3.05, 3.63) is 18.2 Å². The Morgan fingerprint density at radius 2 is 1.94 bits per heavy atom. The molecule has 0 bridgehead atoms. The van der Waals surface area contributed by atoms with Crippen LogP contribution in [-0.4, -0.2) is 11.0 Å². The van der Waals surface area contributed by atoms with E-state index >= 15 is 0 Å². The van der Waals surface area contributed by atoms with Crippen LogP contribution in [-0.2, 0) is 0 Å². The van der Waals surface area contributed by atoms with Crippen LogP contribution in [0.4, 0.5) is 11.7 Å². The van der Waals surface area contributed by atoms with Crippen molar-refractivity contribution in [2.75, 3.05) is 11.1 Å².